The third-order valence-electron chi connectivity index (χ3n) is 2.72. The second kappa shape index (κ2) is 4.91. The molecule has 0 amide bonds. The van der Waals surface area contributed by atoms with Crippen LogP contribution in [0.4, 0.5) is 15.8 Å². The van der Waals surface area contributed by atoms with E-state index in [4.69, 9.17) is 0 Å². The van der Waals surface area contributed by atoms with E-state index in [9.17, 15) is 14.5 Å². The molecule has 0 spiro atoms. The average molecular weight is 256 g/mol. The van der Waals surface area contributed by atoms with E-state index in [1.807, 2.05) is 11.8 Å². The lowest BCUT2D eigenvalue weighted by Crippen LogP contribution is -2.19. The van der Waals surface area contributed by atoms with Crippen LogP contribution in [0.3, 0.4) is 0 Å². The Hall–Kier alpha value is -1.30. The average Bonchev–Trinajstić information content (AvgIpc) is 2.67. The van der Waals surface area contributed by atoms with Gasteiger partial charge in [-0.1, -0.05) is 6.92 Å². The minimum Gasteiger partial charge on any atom is -0.379 e. The molecule has 0 saturated carbocycles. The second-order valence-electron chi connectivity index (χ2n) is 4.14. The number of anilines is 1. The predicted molar refractivity (Wildman–Crippen MR) is 67.0 cm³/mol. The van der Waals surface area contributed by atoms with E-state index < -0.39 is 10.7 Å². The van der Waals surface area contributed by atoms with Crippen molar-refractivity contribution in [3.05, 3.63) is 34.1 Å². The number of nitro benzene ring substituents is 1. The number of hydrogen-bond acceptors (Lipinski definition) is 4. The molecule has 1 fully saturated rings. The maximum atomic E-state index is 13.5. The summed E-state index contributed by atoms with van der Waals surface area (Å²) >= 11 is 1.82. The highest BCUT2D eigenvalue weighted by atomic mass is 32.2. The maximum absolute atomic E-state index is 13.5. The van der Waals surface area contributed by atoms with Crippen LogP contribution in [0.25, 0.3) is 0 Å². The summed E-state index contributed by atoms with van der Waals surface area (Å²) in [5, 5.41) is 14.2. The molecule has 0 bridgehead atoms. The number of rotatable bonds is 3. The molecular weight excluding hydrogens is 243 g/mol. The summed E-state index contributed by atoms with van der Waals surface area (Å²) in [5.41, 5.74) is 0.131. The first kappa shape index (κ1) is 12.2. The van der Waals surface area contributed by atoms with Gasteiger partial charge < -0.3 is 5.32 Å². The van der Waals surface area contributed by atoms with Gasteiger partial charge in [-0.3, -0.25) is 10.1 Å². The Labute approximate surface area is 103 Å². The van der Waals surface area contributed by atoms with Gasteiger partial charge in [0.05, 0.1) is 10.6 Å². The minimum atomic E-state index is -0.517. The summed E-state index contributed by atoms with van der Waals surface area (Å²) in [6, 6.07) is 3.74. The molecule has 2 unspecified atom stereocenters. The Morgan fingerprint density at radius 2 is 2.35 bits per heavy atom. The molecule has 1 aliphatic heterocycles. The summed E-state index contributed by atoms with van der Waals surface area (Å²) < 4.78 is 13.5. The van der Waals surface area contributed by atoms with Gasteiger partial charge in [0, 0.05) is 29.2 Å². The molecule has 0 radical (unpaired) electrons. The van der Waals surface area contributed by atoms with Crippen molar-refractivity contribution in [2.24, 2.45) is 0 Å². The molecule has 6 heteroatoms. The van der Waals surface area contributed by atoms with Gasteiger partial charge in [0.2, 0.25) is 0 Å². The van der Waals surface area contributed by atoms with E-state index in [1.165, 1.54) is 12.1 Å². The van der Waals surface area contributed by atoms with Gasteiger partial charge in [-0.25, -0.2) is 4.39 Å². The molecule has 1 aliphatic rings. The van der Waals surface area contributed by atoms with Gasteiger partial charge in [-0.2, -0.15) is 11.8 Å². The van der Waals surface area contributed by atoms with Crippen LogP contribution in [-0.2, 0) is 0 Å². The quantitative estimate of drug-likeness (QED) is 0.667. The number of nitro groups is 1. The molecule has 0 aromatic heterocycles. The van der Waals surface area contributed by atoms with E-state index >= 15 is 0 Å². The fraction of sp³-hybridized carbons (Fsp3) is 0.455. The van der Waals surface area contributed by atoms with E-state index in [1.54, 1.807) is 0 Å². The maximum Gasteiger partial charge on any atom is 0.271 e. The summed E-state index contributed by atoms with van der Waals surface area (Å²) in [4.78, 5) is 10.1. The number of thioether (sulfide) groups is 1. The number of hydrogen-bond donors (Lipinski definition) is 1. The molecular formula is C11H13FN2O2S. The number of benzene rings is 1. The van der Waals surface area contributed by atoms with Crippen LogP contribution >= 0.6 is 11.8 Å². The third-order valence-corrected chi connectivity index (χ3v) is 4.08. The molecule has 2 rings (SSSR count). The third kappa shape index (κ3) is 2.88. The molecule has 1 heterocycles. The van der Waals surface area contributed by atoms with Crippen LogP contribution < -0.4 is 5.32 Å². The van der Waals surface area contributed by atoms with E-state index in [0.29, 0.717) is 5.25 Å². The lowest BCUT2D eigenvalue weighted by atomic mass is 10.2. The Balaban J connectivity index is 2.14. The van der Waals surface area contributed by atoms with Crippen molar-refractivity contribution < 1.29 is 9.31 Å². The zero-order chi connectivity index (χ0) is 12.4. The molecule has 1 N–H and O–H groups in total. The molecule has 4 nitrogen and oxygen atoms in total. The van der Waals surface area contributed by atoms with Crippen LogP contribution in [0.15, 0.2) is 18.2 Å². The molecule has 1 aromatic carbocycles. The Bertz CT molecular complexity index is 441. The molecule has 1 saturated heterocycles. The van der Waals surface area contributed by atoms with Gasteiger partial charge in [-0.05, 0) is 12.5 Å². The van der Waals surface area contributed by atoms with Crippen molar-refractivity contribution in [1.29, 1.82) is 0 Å². The highest BCUT2D eigenvalue weighted by molar-refractivity contribution is 8.00. The van der Waals surface area contributed by atoms with Crippen molar-refractivity contribution in [3.63, 3.8) is 0 Å². The standard InChI is InChI=1S/C11H13FN2O2S/c1-7-4-8(6-17-7)13-11-5-9(14(15)16)2-3-10(11)12/h2-3,5,7-8,13H,4,6H2,1H3. The fourth-order valence-electron chi connectivity index (χ4n) is 1.88. The monoisotopic (exact) mass is 256 g/mol. The topological polar surface area (TPSA) is 55.2 Å². The largest absolute Gasteiger partial charge is 0.379 e. The number of non-ortho nitro benzene ring substituents is 1. The lowest BCUT2D eigenvalue weighted by molar-refractivity contribution is -0.384. The zero-order valence-corrected chi connectivity index (χ0v) is 10.2. The van der Waals surface area contributed by atoms with Crippen LogP contribution in [0.1, 0.15) is 13.3 Å². The van der Waals surface area contributed by atoms with Crippen molar-refractivity contribution >= 4 is 23.1 Å². The lowest BCUT2D eigenvalue weighted by Gasteiger charge is -2.13. The van der Waals surface area contributed by atoms with Gasteiger partial charge in [0.15, 0.2) is 0 Å². The molecule has 2 atom stereocenters. The first-order valence-corrected chi connectivity index (χ1v) is 6.43. The van der Waals surface area contributed by atoms with Crippen LogP contribution in [0.2, 0.25) is 0 Å². The van der Waals surface area contributed by atoms with Gasteiger partial charge in [0.1, 0.15) is 5.82 Å². The van der Waals surface area contributed by atoms with Gasteiger partial charge in [0.25, 0.3) is 5.69 Å². The Morgan fingerprint density at radius 3 is 2.94 bits per heavy atom. The minimum absolute atomic E-state index is 0.0902. The molecule has 92 valence electrons. The molecule has 17 heavy (non-hydrogen) atoms. The smallest absolute Gasteiger partial charge is 0.271 e. The normalized spacial score (nSPS) is 23.6. The van der Waals surface area contributed by atoms with Crippen LogP contribution in [-0.4, -0.2) is 22.0 Å². The van der Waals surface area contributed by atoms with Crippen LogP contribution in [0.5, 0.6) is 0 Å². The first-order chi connectivity index (χ1) is 8.06. The Kier molecular flexibility index (Phi) is 3.51. The van der Waals surface area contributed by atoms with E-state index in [0.717, 1.165) is 18.2 Å². The first-order valence-electron chi connectivity index (χ1n) is 5.38. The molecule has 0 aliphatic carbocycles. The summed E-state index contributed by atoms with van der Waals surface area (Å²) in [5.74, 6) is 0.462. The SMILES string of the molecule is CC1CC(Nc2cc([N+](=O)[O-])ccc2F)CS1. The highest BCUT2D eigenvalue weighted by Gasteiger charge is 2.23. The number of nitrogens with one attached hydrogen (secondary N) is 1. The van der Waals surface area contributed by atoms with E-state index in [2.05, 4.69) is 12.2 Å². The zero-order valence-electron chi connectivity index (χ0n) is 9.35. The van der Waals surface area contributed by atoms with Gasteiger partial charge >= 0.3 is 0 Å². The summed E-state index contributed by atoms with van der Waals surface area (Å²) in [6.07, 6.45) is 0.951. The van der Waals surface area contributed by atoms with Crippen molar-refractivity contribution in [1.82, 2.24) is 0 Å². The van der Waals surface area contributed by atoms with Gasteiger partial charge in [-0.15, -0.1) is 0 Å². The predicted octanol–water partition coefficient (Wildman–Crippen LogP) is 3.04. The Morgan fingerprint density at radius 1 is 1.59 bits per heavy atom. The fourth-order valence-corrected chi connectivity index (χ4v) is 3.02. The van der Waals surface area contributed by atoms with Crippen molar-refractivity contribution in [3.8, 4) is 0 Å². The number of halogens is 1. The van der Waals surface area contributed by atoms with Crippen LogP contribution in [0, 0.1) is 15.9 Å². The highest BCUT2D eigenvalue weighted by Crippen LogP contribution is 2.30. The molecule has 1 aromatic rings. The number of nitrogens with zero attached hydrogens (tertiary/aromatic N) is 1. The summed E-state index contributed by atoms with van der Waals surface area (Å²) in [6.45, 7) is 2.12. The van der Waals surface area contributed by atoms with Crippen molar-refractivity contribution in [2.45, 2.75) is 24.6 Å². The van der Waals surface area contributed by atoms with Crippen molar-refractivity contribution in [2.75, 3.05) is 11.1 Å². The summed E-state index contributed by atoms with van der Waals surface area (Å²) in [7, 11) is 0. The van der Waals surface area contributed by atoms with E-state index in [-0.39, 0.29) is 17.4 Å². The second-order valence-corrected chi connectivity index (χ2v) is 5.61.